The van der Waals surface area contributed by atoms with Crippen molar-refractivity contribution in [3.05, 3.63) is 0 Å². The van der Waals surface area contributed by atoms with Crippen LogP contribution >= 0.6 is 0 Å². The second kappa shape index (κ2) is 8.21. The van der Waals surface area contributed by atoms with Gasteiger partial charge in [0.1, 0.15) is 0 Å². The molecule has 1 unspecified atom stereocenters. The minimum absolute atomic E-state index is 0.454. The molecule has 0 fully saturated rings. The van der Waals surface area contributed by atoms with E-state index in [9.17, 15) is 0 Å². The third kappa shape index (κ3) is 7.30. The van der Waals surface area contributed by atoms with E-state index in [-0.39, 0.29) is 0 Å². The molecule has 0 aliphatic rings. The minimum Gasteiger partial charge on any atom is -0.380 e. The summed E-state index contributed by atoms with van der Waals surface area (Å²) in [5, 5.41) is 3.44. The molecule has 3 nitrogen and oxygen atoms in total. The molecule has 0 aromatic carbocycles. The van der Waals surface area contributed by atoms with Crippen LogP contribution in [-0.2, 0) is 4.74 Å². The maximum absolute atomic E-state index is 5.32. The molecule has 0 radical (unpaired) electrons. The number of nitrogens with one attached hydrogen (secondary N) is 1. The Labute approximate surface area is 88.8 Å². The summed E-state index contributed by atoms with van der Waals surface area (Å²) in [4.78, 5) is 2.33. The smallest absolute Gasteiger partial charge is 0.0616 e. The summed E-state index contributed by atoms with van der Waals surface area (Å²) >= 11 is 0. The molecule has 0 saturated carbocycles. The lowest BCUT2D eigenvalue weighted by Crippen LogP contribution is -2.38. The Kier molecular flexibility index (Phi) is 8.14. The van der Waals surface area contributed by atoms with Crippen molar-refractivity contribution >= 4 is 0 Å². The topological polar surface area (TPSA) is 24.5 Å². The summed E-state index contributed by atoms with van der Waals surface area (Å²) in [5.74, 6) is 0. The summed E-state index contributed by atoms with van der Waals surface area (Å²) in [6, 6.07) is 1.08. The van der Waals surface area contributed by atoms with Crippen molar-refractivity contribution in [2.24, 2.45) is 0 Å². The van der Waals surface area contributed by atoms with Gasteiger partial charge in [0.25, 0.3) is 0 Å². The molecule has 14 heavy (non-hydrogen) atoms. The quantitative estimate of drug-likeness (QED) is 0.643. The third-order valence-corrected chi connectivity index (χ3v) is 2.41. The first kappa shape index (κ1) is 13.9. The number of likely N-dealkylation sites (N-methyl/N-ethyl adjacent to an activating group) is 1. The van der Waals surface area contributed by atoms with Crippen molar-refractivity contribution in [3.63, 3.8) is 0 Å². The molecule has 1 atom stereocenters. The first-order valence-corrected chi connectivity index (χ1v) is 5.59. The molecule has 1 N–H and O–H groups in total. The van der Waals surface area contributed by atoms with E-state index in [4.69, 9.17) is 4.74 Å². The Hall–Kier alpha value is -0.120. The molecule has 0 amide bonds. The first-order valence-electron chi connectivity index (χ1n) is 5.59. The van der Waals surface area contributed by atoms with Gasteiger partial charge in [0.2, 0.25) is 0 Å². The highest BCUT2D eigenvalue weighted by molar-refractivity contribution is 4.63. The lowest BCUT2D eigenvalue weighted by Gasteiger charge is -2.22. The maximum Gasteiger partial charge on any atom is 0.0616 e. The Morgan fingerprint density at radius 1 is 1.29 bits per heavy atom. The van der Waals surface area contributed by atoms with Gasteiger partial charge in [0.15, 0.2) is 0 Å². The van der Waals surface area contributed by atoms with E-state index in [0.717, 1.165) is 26.3 Å². The highest BCUT2D eigenvalue weighted by Crippen LogP contribution is 1.91. The van der Waals surface area contributed by atoms with Crippen LogP contribution in [0, 0.1) is 0 Å². The SMILES string of the molecule is CCOCC(C)NCCN(C)C(C)C. The average molecular weight is 202 g/mol. The van der Waals surface area contributed by atoms with Crippen LogP contribution in [0.5, 0.6) is 0 Å². The maximum atomic E-state index is 5.32. The number of hydrogen-bond donors (Lipinski definition) is 1. The first-order chi connectivity index (χ1) is 6.57. The normalized spacial score (nSPS) is 13.9. The van der Waals surface area contributed by atoms with Crippen LogP contribution in [0.25, 0.3) is 0 Å². The van der Waals surface area contributed by atoms with Crippen LogP contribution in [0.3, 0.4) is 0 Å². The molecule has 0 aliphatic heterocycles. The minimum atomic E-state index is 0.454. The Morgan fingerprint density at radius 2 is 1.93 bits per heavy atom. The molecule has 0 heterocycles. The molecular formula is C11H26N2O. The largest absolute Gasteiger partial charge is 0.380 e. The van der Waals surface area contributed by atoms with Crippen molar-refractivity contribution in [2.45, 2.75) is 39.8 Å². The van der Waals surface area contributed by atoms with E-state index in [1.54, 1.807) is 0 Å². The molecular weight excluding hydrogens is 176 g/mol. The van der Waals surface area contributed by atoms with Crippen molar-refractivity contribution in [1.82, 2.24) is 10.2 Å². The standard InChI is InChI=1S/C11H26N2O/c1-6-14-9-11(4)12-7-8-13(5)10(2)3/h10-12H,6-9H2,1-5H3. The third-order valence-electron chi connectivity index (χ3n) is 2.41. The van der Waals surface area contributed by atoms with E-state index in [1.807, 2.05) is 6.92 Å². The fourth-order valence-electron chi connectivity index (χ4n) is 1.10. The fraction of sp³-hybridized carbons (Fsp3) is 1.00. The van der Waals surface area contributed by atoms with Gasteiger partial charge in [-0.3, -0.25) is 0 Å². The molecule has 0 aromatic heterocycles. The summed E-state index contributed by atoms with van der Waals surface area (Å²) < 4.78 is 5.32. The highest BCUT2D eigenvalue weighted by atomic mass is 16.5. The van der Waals surface area contributed by atoms with Crippen LogP contribution < -0.4 is 5.32 Å². The molecule has 0 spiro atoms. The van der Waals surface area contributed by atoms with E-state index in [1.165, 1.54) is 0 Å². The fourth-order valence-corrected chi connectivity index (χ4v) is 1.10. The van der Waals surface area contributed by atoms with Gasteiger partial charge in [-0.2, -0.15) is 0 Å². The van der Waals surface area contributed by atoms with Crippen molar-refractivity contribution < 1.29 is 4.74 Å². The lowest BCUT2D eigenvalue weighted by atomic mass is 10.3. The van der Waals surface area contributed by atoms with Crippen molar-refractivity contribution in [1.29, 1.82) is 0 Å². The van der Waals surface area contributed by atoms with Gasteiger partial charge in [-0.05, 0) is 34.7 Å². The predicted octanol–water partition coefficient (Wildman–Crippen LogP) is 1.34. The molecule has 0 bridgehead atoms. The van der Waals surface area contributed by atoms with E-state index in [0.29, 0.717) is 12.1 Å². The second-order valence-electron chi connectivity index (χ2n) is 4.09. The Bertz CT molecular complexity index is 128. The monoisotopic (exact) mass is 202 g/mol. The Morgan fingerprint density at radius 3 is 2.43 bits per heavy atom. The lowest BCUT2D eigenvalue weighted by molar-refractivity contribution is 0.126. The van der Waals surface area contributed by atoms with Crippen LogP contribution in [0.4, 0.5) is 0 Å². The number of rotatable bonds is 8. The number of nitrogens with zero attached hydrogens (tertiary/aromatic N) is 1. The van der Waals surface area contributed by atoms with Gasteiger partial charge in [-0.25, -0.2) is 0 Å². The average Bonchev–Trinajstić information content (AvgIpc) is 2.14. The van der Waals surface area contributed by atoms with Crippen LogP contribution in [0.1, 0.15) is 27.7 Å². The van der Waals surface area contributed by atoms with Crippen molar-refractivity contribution in [3.8, 4) is 0 Å². The second-order valence-corrected chi connectivity index (χ2v) is 4.09. The summed E-state index contributed by atoms with van der Waals surface area (Å²) in [6.07, 6.45) is 0. The molecule has 3 heteroatoms. The van der Waals surface area contributed by atoms with Crippen LogP contribution in [0.15, 0.2) is 0 Å². The van der Waals surface area contributed by atoms with E-state index < -0.39 is 0 Å². The van der Waals surface area contributed by atoms with Gasteiger partial charge in [0, 0.05) is 31.8 Å². The van der Waals surface area contributed by atoms with Crippen molar-refractivity contribution in [2.75, 3.05) is 33.4 Å². The zero-order chi connectivity index (χ0) is 11.0. The molecule has 0 rings (SSSR count). The van der Waals surface area contributed by atoms with E-state index >= 15 is 0 Å². The zero-order valence-electron chi connectivity index (χ0n) is 10.3. The molecule has 0 aliphatic carbocycles. The van der Waals surface area contributed by atoms with Gasteiger partial charge in [-0.15, -0.1) is 0 Å². The Balaban J connectivity index is 3.34. The predicted molar refractivity (Wildman–Crippen MR) is 61.7 cm³/mol. The van der Waals surface area contributed by atoms with Gasteiger partial charge in [0.05, 0.1) is 6.61 Å². The summed E-state index contributed by atoms with van der Waals surface area (Å²) in [6.45, 7) is 12.3. The van der Waals surface area contributed by atoms with Gasteiger partial charge >= 0.3 is 0 Å². The molecule has 86 valence electrons. The molecule has 0 aromatic rings. The summed E-state index contributed by atoms with van der Waals surface area (Å²) in [5.41, 5.74) is 0. The number of hydrogen-bond acceptors (Lipinski definition) is 3. The van der Waals surface area contributed by atoms with Crippen LogP contribution in [-0.4, -0.2) is 50.3 Å². The molecule has 0 saturated heterocycles. The van der Waals surface area contributed by atoms with Gasteiger partial charge in [-0.1, -0.05) is 0 Å². The number of ether oxygens (including phenoxy) is 1. The highest BCUT2D eigenvalue weighted by Gasteiger charge is 2.04. The van der Waals surface area contributed by atoms with Gasteiger partial charge < -0.3 is 15.0 Å². The zero-order valence-corrected chi connectivity index (χ0v) is 10.3. The van der Waals surface area contributed by atoms with Crippen LogP contribution in [0.2, 0.25) is 0 Å². The van der Waals surface area contributed by atoms with E-state index in [2.05, 4.69) is 38.0 Å². The summed E-state index contributed by atoms with van der Waals surface area (Å²) in [7, 11) is 2.15.